The molecule has 0 aromatic heterocycles. The van der Waals surface area contributed by atoms with Crippen molar-refractivity contribution < 1.29 is 9.59 Å². The van der Waals surface area contributed by atoms with Gasteiger partial charge in [0.1, 0.15) is 6.29 Å². The lowest BCUT2D eigenvalue weighted by Crippen LogP contribution is -2.29. The minimum atomic E-state index is -0.0592. The second-order valence-electron chi connectivity index (χ2n) is 4.17. The Labute approximate surface area is 98.9 Å². The first-order chi connectivity index (χ1) is 7.58. The summed E-state index contributed by atoms with van der Waals surface area (Å²) in [6, 6.07) is 0. The molecule has 0 saturated heterocycles. The highest BCUT2D eigenvalue weighted by Crippen LogP contribution is 2.01. The van der Waals surface area contributed by atoms with Crippen LogP contribution in [-0.4, -0.2) is 12.2 Å². The molecule has 96 valence electrons. The molecule has 16 heavy (non-hydrogen) atoms. The number of nitrogens with one attached hydrogen (secondary N) is 1. The molecule has 0 unspecified atom stereocenters. The van der Waals surface area contributed by atoms with Gasteiger partial charge in [0.15, 0.2) is 0 Å². The quantitative estimate of drug-likeness (QED) is 0.231. The third kappa shape index (κ3) is 18.8. The highest BCUT2D eigenvalue weighted by molar-refractivity contribution is 5.74. The van der Waals surface area contributed by atoms with Crippen LogP contribution in [0.5, 0.6) is 0 Å². The van der Waals surface area contributed by atoms with Crippen molar-refractivity contribution in [1.29, 1.82) is 0 Å². The predicted octanol–water partition coefficient (Wildman–Crippen LogP) is 2.18. The Morgan fingerprint density at radius 2 is 1.94 bits per heavy atom. The van der Waals surface area contributed by atoms with Gasteiger partial charge in [-0.05, 0) is 12.3 Å². The third-order valence-electron chi connectivity index (χ3n) is 1.99. The fourth-order valence-electron chi connectivity index (χ4n) is 0.977. The highest BCUT2D eigenvalue weighted by atomic mass is 16.2. The first-order valence-electron chi connectivity index (χ1n) is 6.01. The van der Waals surface area contributed by atoms with Crippen molar-refractivity contribution in [2.75, 3.05) is 0 Å². The molecule has 0 aromatic rings. The second kappa shape index (κ2) is 14.1. The van der Waals surface area contributed by atoms with E-state index in [1.807, 2.05) is 13.8 Å². The maximum atomic E-state index is 10.5. The van der Waals surface area contributed by atoms with Gasteiger partial charge in [-0.15, -0.1) is 0 Å². The Kier molecular flexibility index (Phi) is 15.4. The summed E-state index contributed by atoms with van der Waals surface area (Å²) >= 11 is 0. The summed E-state index contributed by atoms with van der Waals surface area (Å²) in [5, 5.41) is 0. The average molecular weight is 230 g/mol. The lowest BCUT2D eigenvalue weighted by molar-refractivity contribution is -0.121. The van der Waals surface area contributed by atoms with Crippen LogP contribution in [0.4, 0.5) is 0 Å². The fraction of sp³-hybridized carbons (Fsp3) is 0.833. The molecule has 1 amide bonds. The van der Waals surface area contributed by atoms with Gasteiger partial charge in [0, 0.05) is 12.8 Å². The van der Waals surface area contributed by atoms with E-state index in [4.69, 9.17) is 5.84 Å². The number of hydrazine groups is 1. The second-order valence-corrected chi connectivity index (χ2v) is 4.17. The number of nitrogens with two attached hydrogens (primary N) is 1. The number of hydrogen-bond acceptors (Lipinski definition) is 3. The van der Waals surface area contributed by atoms with Gasteiger partial charge in [-0.25, -0.2) is 5.84 Å². The Morgan fingerprint density at radius 1 is 1.31 bits per heavy atom. The highest BCUT2D eigenvalue weighted by Gasteiger charge is 1.95. The zero-order valence-electron chi connectivity index (χ0n) is 10.8. The number of carbonyl (C=O) groups is 2. The number of aldehydes is 1. The van der Waals surface area contributed by atoms with Crippen LogP contribution in [0.15, 0.2) is 0 Å². The van der Waals surface area contributed by atoms with Gasteiger partial charge >= 0.3 is 0 Å². The zero-order chi connectivity index (χ0) is 12.8. The molecule has 0 rings (SSSR count). The summed E-state index contributed by atoms with van der Waals surface area (Å²) in [5.74, 6) is 5.36. The van der Waals surface area contributed by atoms with Crippen LogP contribution in [0.3, 0.4) is 0 Å². The molecular weight excluding hydrogens is 204 g/mol. The van der Waals surface area contributed by atoms with E-state index in [1.54, 1.807) is 0 Å². The molecule has 0 aliphatic carbocycles. The summed E-state index contributed by atoms with van der Waals surface area (Å²) in [6.07, 6.45) is 6.70. The average Bonchev–Trinajstić information content (AvgIpc) is 2.24. The summed E-state index contributed by atoms with van der Waals surface area (Å²) in [6.45, 7) is 6.19. The molecule has 0 spiro atoms. The van der Waals surface area contributed by atoms with E-state index in [2.05, 4.69) is 12.3 Å². The normalized spacial score (nSPS) is 9.31. The van der Waals surface area contributed by atoms with Gasteiger partial charge in [-0.3, -0.25) is 10.2 Å². The Hall–Kier alpha value is -0.900. The summed E-state index contributed by atoms with van der Waals surface area (Å²) < 4.78 is 0. The van der Waals surface area contributed by atoms with E-state index in [-0.39, 0.29) is 5.91 Å². The number of hydrogen-bond donors (Lipinski definition) is 2. The van der Waals surface area contributed by atoms with E-state index < -0.39 is 0 Å². The molecule has 0 aromatic carbocycles. The molecular formula is C12H26N2O2. The maximum absolute atomic E-state index is 10.5. The maximum Gasteiger partial charge on any atom is 0.233 e. The number of carbonyl (C=O) groups excluding carboxylic acids is 2. The van der Waals surface area contributed by atoms with Gasteiger partial charge < -0.3 is 4.79 Å². The fourth-order valence-corrected chi connectivity index (χ4v) is 0.977. The topological polar surface area (TPSA) is 72.2 Å². The molecule has 0 bridgehead atoms. The lowest BCUT2D eigenvalue weighted by Gasteiger charge is -1.97. The minimum Gasteiger partial charge on any atom is -0.303 e. The van der Waals surface area contributed by atoms with Crippen molar-refractivity contribution >= 4 is 12.2 Å². The smallest absolute Gasteiger partial charge is 0.233 e. The SMILES string of the molecule is CC(C)CC=O.CCCCCCC(=O)NN. The summed E-state index contributed by atoms with van der Waals surface area (Å²) in [7, 11) is 0. The summed E-state index contributed by atoms with van der Waals surface area (Å²) in [4.78, 5) is 20.2. The van der Waals surface area contributed by atoms with E-state index in [9.17, 15) is 9.59 Å². The first kappa shape index (κ1) is 17.5. The van der Waals surface area contributed by atoms with Gasteiger partial charge in [0.2, 0.25) is 5.91 Å². The van der Waals surface area contributed by atoms with Crippen LogP contribution in [0.25, 0.3) is 0 Å². The van der Waals surface area contributed by atoms with Gasteiger partial charge in [-0.2, -0.15) is 0 Å². The lowest BCUT2D eigenvalue weighted by atomic mass is 10.1. The standard InChI is InChI=1S/C7H16N2O.C5H10O/c1-2-3-4-5-6-7(10)9-8;1-5(2)3-4-6/h2-6,8H2,1H3,(H,9,10);4-5H,3H2,1-2H3. The van der Waals surface area contributed by atoms with Crippen LogP contribution in [0, 0.1) is 5.92 Å². The van der Waals surface area contributed by atoms with Crippen LogP contribution in [-0.2, 0) is 9.59 Å². The van der Waals surface area contributed by atoms with Crippen LogP contribution >= 0.6 is 0 Å². The van der Waals surface area contributed by atoms with Crippen molar-refractivity contribution in [2.45, 2.75) is 59.3 Å². The molecule has 0 aliphatic heterocycles. The van der Waals surface area contributed by atoms with Crippen molar-refractivity contribution in [3.63, 3.8) is 0 Å². The monoisotopic (exact) mass is 230 g/mol. The van der Waals surface area contributed by atoms with Crippen molar-refractivity contribution in [1.82, 2.24) is 5.43 Å². The molecule has 0 saturated carbocycles. The molecule has 0 atom stereocenters. The van der Waals surface area contributed by atoms with Crippen molar-refractivity contribution in [3.8, 4) is 0 Å². The van der Waals surface area contributed by atoms with E-state index >= 15 is 0 Å². The molecule has 4 heteroatoms. The molecule has 0 fully saturated rings. The zero-order valence-corrected chi connectivity index (χ0v) is 10.8. The van der Waals surface area contributed by atoms with E-state index in [0.717, 1.165) is 19.1 Å². The molecule has 4 nitrogen and oxygen atoms in total. The van der Waals surface area contributed by atoms with Crippen molar-refractivity contribution in [2.24, 2.45) is 11.8 Å². The van der Waals surface area contributed by atoms with Crippen LogP contribution in [0.1, 0.15) is 59.3 Å². The van der Waals surface area contributed by atoms with Crippen LogP contribution in [0.2, 0.25) is 0 Å². The van der Waals surface area contributed by atoms with Gasteiger partial charge in [-0.1, -0.05) is 40.0 Å². The predicted molar refractivity (Wildman–Crippen MR) is 66.6 cm³/mol. The largest absolute Gasteiger partial charge is 0.303 e. The van der Waals surface area contributed by atoms with Crippen molar-refractivity contribution in [3.05, 3.63) is 0 Å². The Morgan fingerprint density at radius 3 is 2.25 bits per heavy atom. The Bertz CT molecular complexity index is 170. The molecule has 0 heterocycles. The number of rotatable bonds is 7. The van der Waals surface area contributed by atoms with Gasteiger partial charge in [0.25, 0.3) is 0 Å². The Balaban J connectivity index is 0. The van der Waals surface area contributed by atoms with E-state index in [0.29, 0.717) is 18.8 Å². The number of unbranched alkanes of at least 4 members (excludes halogenated alkanes) is 3. The molecule has 0 aliphatic rings. The third-order valence-corrected chi connectivity index (χ3v) is 1.99. The van der Waals surface area contributed by atoms with Gasteiger partial charge in [0.05, 0.1) is 0 Å². The van der Waals surface area contributed by atoms with E-state index in [1.165, 1.54) is 12.8 Å². The van der Waals surface area contributed by atoms with Crippen LogP contribution < -0.4 is 11.3 Å². The number of amides is 1. The summed E-state index contributed by atoms with van der Waals surface area (Å²) in [5.41, 5.74) is 2.10. The molecule has 0 radical (unpaired) electrons. The minimum absolute atomic E-state index is 0.0592. The molecule has 3 N–H and O–H groups in total. The first-order valence-corrected chi connectivity index (χ1v) is 6.01.